The van der Waals surface area contributed by atoms with Crippen molar-refractivity contribution in [3.63, 3.8) is 0 Å². The number of hydrogen-bond donors (Lipinski definition) is 0. The summed E-state index contributed by atoms with van der Waals surface area (Å²) in [6.07, 6.45) is -1.81. The van der Waals surface area contributed by atoms with Crippen molar-refractivity contribution < 1.29 is 28.2 Å². The molecule has 21 heavy (non-hydrogen) atoms. The van der Waals surface area contributed by atoms with Crippen molar-refractivity contribution in [1.29, 1.82) is 0 Å². The van der Waals surface area contributed by atoms with E-state index in [9.17, 15) is 4.79 Å². The Morgan fingerprint density at radius 2 is 1.90 bits per heavy atom. The minimum Gasteiger partial charge on any atom is -0.408 e. The molecule has 0 N–H and O–H groups in total. The molecule has 6 nitrogen and oxygen atoms in total. The third-order valence-electron chi connectivity index (χ3n) is 5.54. The van der Waals surface area contributed by atoms with Crippen LogP contribution in [0.2, 0.25) is 18.1 Å². The van der Waals surface area contributed by atoms with Gasteiger partial charge in [-0.25, -0.2) is 0 Å². The minimum absolute atomic E-state index is 0.0543. The zero-order valence-electron chi connectivity index (χ0n) is 13.0. The number of hydrogen-bond acceptors (Lipinski definition) is 6. The summed E-state index contributed by atoms with van der Waals surface area (Å²) in [5, 5.41) is 0.0543. The SMILES string of the molecule is CC(C)(C)[Si](C)(C)O[C@H]1[C@H]2O[C@@H]3O[C@H](C2=O)[C@@]2(CO2)[C@H]1O3. The summed E-state index contributed by atoms with van der Waals surface area (Å²) in [7, 11) is -2.04. The highest BCUT2D eigenvalue weighted by Crippen LogP contribution is 2.53. The van der Waals surface area contributed by atoms with Gasteiger partial charge in [0.25, 0.3) is 6.48 Å². The molecule has 4 bridgehead atoms. The standard InChI is InChI=1S/C14H22O6Si/c1-13(2,3)21(4,5)20-9-8-7(15)10-14(6-16-14)11(9)19-12(17-8)18-10/h8-12H,6H2,1-5H3/t8-,9-,10+,11-,12+,14-/m0/s1. The second-order valence-corrected chi connectivity index (χ2v) is 12.7. The van der Waals surface area contributed by atoms with Crippen LogP contribution in [0.1, 0.15) is 20.8 Å². The van der Waals surface area contributed by atoms with Crippen LogP contribution in [-0.4, -0.2) is 57.2 Å². The van der Waals surface area contributed by atoms with Gasteiger partial charge in [-0.05, 0) is 18.1 Å². The number of Topliss-reactive ketones (excluding diaryl/α,β-unsaturated/α-hetero) is 1. The van der Waals surface area contributed by atoms with E-state index >= 15 is 0 Å². The van der Waals surface area contributed by atoms with Crippen LogP contribution >= 0.6 is 0 Å². The largest absolute Gasteiger partial charge is 0.408 e. The molecular weight excluding hydrogens is 292 g/mol. The van der Waals surface area contributed by atoms with Crippen LogP contribution in [0.3, 0.4) is 0 Å². The quantitative estimate of drug-likeness (QED) is 0.563. The van der Waals surface area contributed by atoms with Gasteiger partial charge < -0.3 is 23.4 Å². The molecule has 5 fully saturated rings. The summed E-state index contributed by atoms with van der Waals surface area (Å²) in [5.41, 5.74) is -0.638. The Morgan fingerprint density at radius 3 is 2.48 bits per heavy atom. The molecule has 4 saturated heterocycles. The second kappa shape index (κ2) is 3.96. The number of ketones is 1. The predicted molar refractivity (Wildman–Crippen MR) is 74.2 cm³/mol. The monoisotopic (exact) mass is 314 g/mol. The Kier molecular flexibility index (Phi) is 2.69. The second-order valence-electron chi connectivity index (χ2n) is 7.91. The topological polar surface area (TPSA) is 66.5 Å². The molecule has 0 unspecified atom stereocenters. The summed E-state index contributed by atoms with van der Waals surface area (Å²) in [6.45, 7) is 10.6. The molecule has 0 aromatic carbocycles. The van der Waals surface area contributed by atoms with E-state index < -0.39 is 38.7 Å². The first kappa shape index (κ1) is 14.3. The van der Waals surface area contributed by atoms with E-state index in [1.54, 1.807) is 0 Å². The molecule has 1 saturated carbocycles. The lowest BCUT2D eigenvalue weighted by Crippen LogP contribution is -2.76. The van der Waals surface area contributed by atoms with Gasteiger partial charge in [0.1, 0.15) is 12.2 Å². The summed E-state index contributed by atoms with van der Waals surface area (Å²) < 4.78 is 28.9. The third-order valence-corrected chi connectivity index (χ3v) is 10.0. The molecule has 1 spiro atoms. The Hall–Kier alpha value is -0.313. The molecular formula is C14H22O6Si. The lowest BCUT2D eigenvalue weighted by Gasteiger charge is -2.56. The fourth-order valence-electron chi connectivity index (χ4n) is 3.14. The van der Waals surface area contributed by atoms with E-state index in [0.717, 1.165) is 0 Å². The first-order valence-corrected chi connectivity index (χ1v) is 10.4. The van der Waals surface area contributed by atoms with Crippen LogP contribution in [-0.2, 0) is 28.2 Å². The number of rotatable bonds is 2. The molecule has 5 aliphatic rings. The zero-order chi connectivity index (χ0) is 15.2. The minimum atomic E-state index is -2.04. The number of ether oxygens (including phenoxy) is 4. The van der Waals surface area contributed by atoms with Gasteiger partial charge in [0, 0.05) is 0 Å². The average Bonchev–Trinajstić information content (AvgIpc) is 3.14. The normalized spacial score (nSPS) is 48.2. The van der Waals surface area contributed by atoms with Crippen molar-refractivity contribution in [2.45, 2.75) is 75.4 Å². The van der Waals surface area contributed by atoms with Crippen LogP contribution in [0.4, 0.5) is 0 Å². The first-order valence-electron chi connectivity index (χ1n) is 7.48. The third kappa shape index (κ3) is 1.79. The van der Waals surface area contributed by atoms with Gasteiger partial charge in [-0.3, -0.25) is 4.79 Å². The van der Waals surface area contributed by atoms with E-state index in [1.165, 1.54) is 0 Å². The smallest absolute Gasteiger partial charge is 0.273 e. The predicted octanol–water partition coefficient (Wildman–Crippen LogP) is 1.19. The highest BCUT2D eigenvalue weighted by Gasteiger charge is 2.76. The van der Waals surface area contributed by atoms with Gasteiger partial charge in [0.05, 0.1) is 6.61 Å². The molecule has 0 aromatic heterocycles. The Labute approximate surface area is 125 Å². The van der Waals surface area contributed by atoms with E-state index in [2.05, 4.69) is 33.9 Å². The molecule has 4 aliphatic heterocycles. The molecule has 5 rings (SSSR count). The van der Waals surface area contributed by atoms with Gasteiger partial charge in [-0.1, -0.05) is 20.8 Å². The maximum atomic E-state index is 12.5. The van der Waals surface area contributed by atoms with Gasteiger partial charge >= 0.3 is 0 Å². The first-order chi connectivity index (χ1) is 9.66. The molecule has 6 atom stereocenters. The van der Waals surface area contributed by atoms with Gasteiger partial charge in [0.15, 0.2) is 31.9 Å². The van der Waals surface area contributed by atoms with Crippen LogP contribution in [0.5, 0.6) is 0 Å². The fraction of sp³-hybridized carbons (Fsp3) is 0.929. The molecule has 4 heterocycles. The average molecular weight is 314 g/mol. The van der Waals surface area contributed by atoms with E-state index in [0.29, 0.717) is 6.61 Å². The molecule has 0 radical (unpaired) electrons. The number of carbonyl (C=O) groups excluding carboxylic acids is 1. The van der Waals surface area contributed by atoms with E-state index in [1.807, 2.05) is 0 Å². The van der Waals surface area contributed by atoms with Gasteiger partial charge in [0.2, 0.25) is 0 Å². The molecule has 0 aromatic rings. The summed E-state index contributed by atoms with van der Waals surface area (Å²) in [6, 6.07) is 0. The van der Waals surface area contributed by atoms with Crippen molar-refractivity contribution in [2.75, 3.05) is 6.61 Å². The Balaban J connectivity index is 1.66. The van der Waals surface area contributed by atoms with Crippen LogP contribution in [0.15, 0.2) is 0 Å². The molecule has 7 heteroatoms. The maximum absolute atomic E-state index is 12.5. The van der Waals surface area contributed by atoms with Crippen LogP contribution in [0.25, 0.3) is 0 Å². The van der Waals surface area contributed by atoms with E-state index in [-0.39, 0.29) is 16.9 Å². The van der Waals surface area contributed by atoms with Gasteiger partial charge in [-0.15, -0.1) is 0 Å². The molecule has 118 valence electrons. The Bertz CT molecular complexity index is 494. The summed E-state index contributed by atoms with van der Waals surface area (Å²) in [4.78, 5) is 12.5. The Morgan fingerprint density at radius 1 is 1.24 bits per heavy atom. The number of epoxide rings is 1. The summed E-state index contributed by atoms with van der Waals surface area (Å²) >= 11 is 0. The van der Waals surface area contributed by atoms with Crippen molar-refractivity contribution in [1.82, 2.24) is 0 Å². The van der Waals surface area contributed by atoms with Crippen LogP contribution in [0, 0.1) is 0 Å². The van der Waals surface area contributed by atoms with Crippen molar-refractivity contribution >= 4 is 14.1 Å². The molecule has 0 amide bonds. The van der Waals surface area contributed by atoms with Crippen molar-refractivity contribution in [2.24, 2.45) is 0 Å². The maximum Gasteiger partial charge on any atom is 0.273 e. The lowest BCUT2D eigenvalue weighted by atomic mass is 9.77. The fourth-order valence-corrected chi connectivity index (χ4v) is 4.42. The molecule has 1 aliphatic carbocycles. The number of carbonyl (C=O) groups is 1. The highest BCUT2D eigenvalue weighted by molar-refractivity contribution is 6.74. The van der Waals surface area contributed by atoms with Crippen molar-refractivity contribution in [3.8, 4) is 0 Å². The van der Waals surface area contributed by atoms with E-state index in [4.69, 9.17) is 23.4 Å². The van der Waals surface area contributed by atoms with Crippen molar-refractivity contribution in [3.05, 3.63) is 0 Å². The van der Waals surface area contributed by atoms with Gasteiger partial charge in [-0.2, -0.15) is 0 Å². The highest BCUT2D eigenvalue weighted by atomic mass is 28.4. The van der Waals surface area contributed by atoms with Crippen LogP contribution < -0.4 is 0 Å². The lowest BCUT2D eigenvalue weighted by molar-refractivity contribution is -0.434. The summed E-state index contributed by atoms with van der Waals surface area (Å²) in [5.74, 6) is -0.0630. The zero-order valence-corrected chi connectivity index (χ0v) is 14.0.